The van der Waals surface area contributed by atoms with E-state index in [2.05, 4.69) is 29.2 Å². The van der Waals surface area contributed by atoms with E-state index in [1.165, 1.54) is 5.01 Å². The summed E-state index contributed by atoms with van der Waals surface area (Å²) in [5.41, 5.74) is 0.303. The summed E-state index contributed by atoms with van der Waals surface area (Å²) in [7, 11) is -3.12. The molecule has 0 bridgehead atoms. The van der Waals surface area contributed by atoms with E-state index < -0.39 is 15.9 Å². The summed E-state index contributed by atoms with van der Waals surface area (Å²) in [5.74, 6) is -0.499. The van der Waals surface area contributed by atoms with Crippen LogP contribution in [0.3, 0.4) is 0 Å². The molecule has 3 atom stereocenters. The number of morpholine rings is 1. The van der Waals surface area contributed by atoms with Gasteiger partial charge in [-0.25, -0.2) is 13.4 Å². The van der Waals surface area contributed by atoms with Gasteiger partial charge in [-0.2, -0.15) is 5.10 Å². The minimum atomic E-state index is -3.12. The minimum Gasteiger partial charge on any atom is -0.373 e. The summed E-state index contributed by atoms with van der Waals surface area (Å²) >= 11 is 0. The number of sulfone groups is 1. The molecule has 3 heterocycles. The predicted molar refractivity (Wildman–Crippen MR) is 105 cm³/mol. The highest BCUT2D eigenvalue weighted by Crippen LogP contribution is 2.22. The van der Waals surface area contributed by atoms with E-state index in [1.807, 2.05) is 0 Å². The number of nitrogens with zero attached hydrogens (tertiary/aromatic N) is 3. The van der Waals surface area contributed by atoms with Crippen LogP contribution in [0.5, 0.6) is 0 Å². The van der Waals surface area contributed by atoms with Gasteiger partial charge >= 0.3 is 0 Å². The Labute approximate surface area is 166 Å². The number of carbonyl (C=O) groups is 2. The maximum absolute atomic E-state index is 12.4. The first-order valence-corrected chi connectivity index (χ1v) is 11.8. The fourth-order valence-corrected chi connectivity index (χ4v) is 5.75. The Kier molecular flexibility index (Phi) is 6.72. The summed E-state index contributed by atoms with van der Waals surface area (Å²) in [6.07, 6.45) is 2.12. The highest BCUT2D eigenvalue weighted by molar-refractivity contribution is 7.91. The van der Waals surface area contributed by atoms with E-state index in [-0.39, 0.29) is 41.9 Å². The van der Waals surface area contributed by atoms with Crippen LogP contribution in [0, 0.1) is 0 Å². The molecule has 3 unspecified atom stereocenters. The van der Waals surface area contributed by atoms with Gasteiger partial charge in [0.25, 0.3) is 5.91 Å². The number of hydrazone groups is 1. The monoisotopic (exact) mass is 414 g/mol. The zero-order valence-electron chi connectivity index (χ0n) is 16.6. The lowest BCUT2D eigenvalue weighted by atomic mass is 10.1. The molecule has 28 heavy (non-hydrogen) atoms. The van der Waals surface area contributed by atoms with Crippen LogP contribution in [0.4, 0.5) is 0 Å². The molecule has 3 aliphatic heterocycles. The van der Waals surface area contributed by atoms with E-state index in [1.54, 1.807) is 0 Å². The van der Waals surface area contributed by atoms with Crippen LogP contribution in [-0.4, -0.2) is 91.8 Å². The molecular weight excluding hydrogens is 384 g/mol. The van der Waals surface area contributed by atoms with Gasteiger partial charge in [-0.1, -0.05) is 0 Å². The summed E-state index contributed by atoms with van der Waals surface area (Å²) in [5, 5.41) is 8.29. The molecule has 158 valence electrons. The predicted octanol–water partition coefficient (Wildman–Crippen LogP) is -0.233. The van der Waals surface area contributed by atoms with Crippen LogP contribution in [0.1, 0.15) is 39.5 Å². The molecule has 0 aromatic carbocycles. The third-order valence-electron chi connectivity index (χ3n) is 5.31. The Bertz CT molecular complexity index is 728. The average Bonchev–Trinajstić information content (AvgIpc) is 2.98. The van der Waals surface area contributed by atoms with Crippen molar-refractivity contribution in [2.24, 2.45) is 5.10 Å². The molecule has 0 saturated carbocycles. The third kappa shape index (κ3) is 5.51. The minimum absolute atomic E-state index is 0.0667. The maximum Gasteiger partial charge on any atom is 0.267 e. The number of hydrogen-bond donors (Lipinski definition) is 1. The highest BCUT2D eigenvalue weighted by Gasteiger charge is 2.37. The fourth-order valence-electron chi connectivity index (χ4n) is 4.06. The highest BCUT2D eigenvalue weighted by atomic mass is 32.2. The molecule has 10 heteroatoms. The fraction of sp³-hybridized carbons (Fsp3) is 0.833. The number of rotatable bonds is 6. The molecule has 0 spiro atoms. The van der Waals surface area contributed by atoms with Crippen molar-refractivity contribution >= 4 is 27.4 Å². The van der Waals surface area contributed by atoms with Crippen molar-refractivity contribution in [2.45, 2.75) is 57.8 Å². The molecule has 0 radical (unpaired) electrons. The number of nitrogens with one attached hydrogen (secondary N) is 1. The molecule has 9 nitrogen and oxygen atoms in total. The van der Waals surface area contributed by atoms with Gasteiger partial charge in [-0.3, -0.25) is 14.5 Å². The van der Waals surface area contributed by atoms with Crippen molar-refractivity contribution in [3.63, 3.8) is 0 Å². The Hall–Kier alpha value is -1.52. The topological polar surface area (TPSA) is 108 Å². The Morgan fingerprint density at radius 2 is 1.96 bits per heavy atom. The molecule has 0 aromatic rings. The number of carbonyl (C=O) groups excluding carboxylic acids is 2. The Morgan fingerprint density at radius 3 is 2.61 bits per heavy atom. The molecule has 2 saturated heterocycles. The van der Waals surface area contributed by atoms with Gasteiger partial charge in [0.1, 0.15) is 5.71 Å². The number of hydrogen-bond acceptors (Lipinski definition) is 7. The lowest BCUT2D eigenvalue weighted by molar-refractivity contribution is -0.133. The van der Waals surface area contributed by atoms with Crippen LogP contribution >= 0.6 is 0 Å². The quantitative estimate of drug-likeness (QED) is 0.602. The Morgan fingerprint density at radius 1 is 1.25 bits per heavy atom. The van der Waals surface area contributed by atoms with Crippen LogP contribution in [0.15, 0.2) is 5.10 Å². The standard InChI is InChI=1S/C18H30N4O5S/c1-13-10-21(11-14(2)27-13)8-3-7-19-18(24)16-4-5-17(23)22(20-16)15-6-9-28(25,26)12-15/h13-15H,3-12H2,1-2H3,(H,19,24). The molecule has 1 N–H and O–H groups in total. The van der Waals surface area contributed by atoms with Crippen molar-refractivity contribution in [3.05, 3.63) is 0 Å². The Balaban J connectivity index is 1.47. The molecule has 2 fully saturated rings. The van der Waals surface area contributed by atoms with E-state index in [4.69, 9.17) is 4.74 Å². The van der Waals surface area contributed by atoms with Crippen molar-refractivity contribution in [1.29, 1.82) is 0 Å². The van der Waals surface area contributed by atoms with Crippen LogP contribution < -0.4 is 5.32 Å². The zero-order chi connectivity index (χ0) is 20.3. The van der Waals surface area contributed by atoms with Gasteiger partial charge < -0.3 is 10.1 Å². The SMILES string of the molecule is CC1CN(CCCNC(=O)C2=NN(C3CCS(=O)(=O)C3)C(=O)CC2)CC(C)O1. The van der Waals surface area contributed by atoms with E-state index in [9.17, 15) is 18.0 Å². The second-order valence-corrected chi connectivity index (χ2v) is 10.2. The number of ether oxygens (including phenoxy) is 1. The number of amides is 2. The average molecular weight is 415 g/mol. The van der Waals surface area contributed by atoms with Gasteiger partial charge in [-0.15, -0.1) is 0 Å². The van der Waals surface area contributed by atoms with Gasteiger partial charge in [0.05, 0.1) is 29.8 Å². The van der Waals surface area contributed by atoms with Crippen LogP contribution in [-0.2, 0) is 24.2 Å². The normalized spacial score (nSPS) is 30.9. The van der Waals surface area contributed by atoms with Crippen molar-refractivity contribution in [3.8, 4) is 0 Å². The zero-order valence-corrected chi connectivity index (χ0v) is 17.4. The maximum atomic E-state index is 12.4. The van der Waals surface area contributed by atoms with Gasteiger partial charge in [0.15, 0.2) is 9.84 Å². The molecule has 0 aliphatic carbocycles. The van der Waals surface area contributed by atoms with Crippen LogP contribution in [0.2, 0.25) is 0 Å². The summed E-state index contributed by atoms with van der Waals surface area (Å²) in [4.78, 5) is 26.9. The molecule has 2 amide bonds. The first-order chi connectivity index (χ1) is 13.2. The summed E-state index contributed by atoms with van der Waals surface area (Å²) < 4.78 is 29.1. The second kappa shape index (κ2) is 8.87. The van der Waals surface area contributed by atoms with E-state index >= 15 is 0 Å². The molecule has 0 aromatic heterocycles. The van der Waals surface area contributed by atoms with E-state index in [0.29, 0.717) is 25.1 Å². The van der Waals surface area contributed by atoms with Crippen molar-refractivity contribution in [1.82, 2.24) is 15.2 Å². The van der Waals surface area contributed by atoms with Crippen LogP contribution in [0.25, 0.3) is 0 Å². The molecular formula is C18H30N4O5S. The second-order valence-electron chi connectivity index (χ2n) is 7.97. The summed E-state index contributed by atoms with van der Waals surface area (Å²) in [6.45, 7) is 7.33. The van der Waals surface area contributed by atoms with Crippen molar-refractivity contribution < 1.29 is 22.7 Å². The molecule has 3 aliphatic rings. The lowest BCUT2D eigenvalue weighted by Crippen LogP contribution is -2.46. The largest absolute Gasteiger partial charge is 0.373 e. The van der Waals surface area contributed by atoms with Crippen molar-refractivity contribution in [2.75, 3.05) is 37.7 Å². The van der Waals surface area contributed by atoms with E-state index in [0.717, 1.165) is 26.1 Å². The first-order valence-electron chi connectivity index (χ1n) is 9.99. The smallest absolute Gasteiger partial charge is 0.267 e. The molecule has 3 rings (SSSR count). The third-order valence-corrected chi connectivity index (χ3v) is 7.06. The van der Waals surface area contributed by atoms with Gasteiger partial charge in [-0.05, 0) is 26.7 Å². The van der Waals surface area contributed by atoms with Gasteiger partial charge in [0, 0.05) is 39.0 Å². The first kappa shape index (κ1) is 21.2. The lowest BCUT2D eigenvalue weighted by Gasteiger charge is -2.35. The summed E-state index contributed by atoms with van der Waals surface area (Å²) in [6, 6.07) is -0.453. The van der Waals surface area contributed by atoms with Gasteiger partial charge in [0.2, 0.25) is 5.91 Å².